The molecule has 92 valence electrons. The zero-order valence-corrected chi connectivity index (χ0v) is 14.4. The van der Waals surface area contributed by atoms with Gasteiger partial charge in [0.15, 0.2) is 0 Å². The SMILES string of the molecule is Cc1c(I)cc(CN)c(C)c1C#C[Si](C)(C)C. The molecule has 0 aliphatic heterocycles. The van der Waals surface area contributed by atoms with E-state index in [1.807, 2.05) is 0 Å². The van der Waals surface area contributed by atoms with Crippen molar-refractivity contribution >= 4 is 30.7 Å². The molecular weight excluding hydrogens is 337 g/mol. The quantitative estimate of drug-likeness (QED) is 0.464. The van der Waals surface area contributed by atoms with Gasteiger partial charge in [0, 0.05) is 15.7 Å². The molecule has 1 nitrogen and oxygen atoms in total. The van der Waals surface area contributed by atoms with Crippen molar-refractivity contribution in [2.45, 2.75) is 40.0 Å². The fourth-order valence-electron chi connectivity index (χ4n) is 1.58. The van der Waals surface area contributed by atoms with Gasteiger partial charge in [-0.05, 0) is 59.2 Å². The van der Waals surface area contributed by atoms with E-state index >= 15 is 0 Å². The lowest BCUT2D eigenvalue weighted by Crippen LogP contribution is -2.16. The Morgan fingerprint density at radius 3 is 2.29 bits per heavy atom. The zero-order chi connectivity index (χ0) is 13.2. The average molecular weight is 357 g/mol. The summed E-state index contributed by atoms with van der Waals surface area (Å²) >= 11 is 2.36. The number of benzene rings is 1. The van der Waals surface area contributed by atoms with E-state index in [0.717, 1.165) is 0 Å². The van der Waals surface area contributed by atoms with Crippen LogP contribution in [-0.4, -0.2) is 8.07 Å². The Hall–Kier alpha value is -0.313. The number of nitrogens with two attached hydrogens (primary N) is 1. The second kappa shape index (κ2) is 5.55. The predicted molar refractivity (Wildman–Crippen MR) is 86.7 cm³/mol. The van der Waals surface area contributed by atoms with E-state index in [-0.39, 0.29) is 0 Å². The van der Waals surface area contributed by atoms with Gasteiger partial charge in [0.05, 0.1) is 0 Å². The number of halogens is 1. The van der Waals surface area contributed by atoms with Crippen LogP contribution in [0, 0.1) is 28.9 Å². The lowest BCUT2D eigenvalue weighted by atomic mass is 9.98. The van der Waals surface area contributed by atoms with E-state index in [2.05, 4.69) is 73.6 Å². The van der Waals surface area contributed by atoms with Crippen molar-refractivity contribution in [1.29, 1.82) is 0 Å². The van der Waals surface area contributed by atoms with Gasteiger partial charge < -0.3 is 5.73 Å². The predicted octanol–water partition coefficient (Wildman–Crippen LogP) is 3.60. The Kier molecular flexibility index (Phi) is 4.82. The molecule has 0 aromatic heterocycles. The van der Waals surface area contributed by atoms with Crippen LogP contribution in [-0.2, 0) is 6.54 Å². The number of hydrogen-bond acceptors (Lipinski definition) is 1. The van der Waals surface area contributed by atoms with Crippen molar-refractivity contribution < 1.29 is 0 Å². The van der Waals surface area contributed by atoms with Gasteiger partial charge in [-0.2, -0.15) is 0 Å². The highest BCUT2D eigenvalue weighted by molar-refractivity contribution is 14.1. The van der Waals surface area contributed by atoms with Gasteiger partial charge in [-0.15, -0.1) is 5.54 Å². The summed E-state index contributed by atoms with van der Waals surface area (Å²) < 4.78 is 1.26. The molecular formula is C14H20INSi. The highest BCUT2D eigenvalue weighted by atomic mass is 127. The maximum atomic E-state index is 5.78. The molecule has 1 aromatic rings. The summed E-state index contributed by atoms with van der Waals surface area (Å²) in [5.41, 5.74) is 14.1. The van der Waals surface area contributed by atoms with Crippen LogP contribution in [0.2, 0.25) is 19.6 Å². The molecule has 0 aliphatic carbocycles. The second-order valence-electron chi connectivity index (χ2n) is 5.35. The molecule has 1 aromatic carbocycles. The lowest BCUT2D eigenvalue weighted by molar-refractivity contribution is 1.04. The molecule has 0 heterocycles. The van der Waals surface area contributed by atoms with Crippen LogP contribution >= 0.6 is 22.6 Å². The van der Waals surface area contributed by atoms with Gasteiger partial charge in [0.25, 0.3) is 0 Å². The molecule has 0 spiro atoms. The number of rotatable bonds is 1. The van der Waals surface area contributed by atoms with Crippen LogP contribution in [0.25, 0.3) is 0 Å². The Morgan fingerprint density at radius 2 is 1.82 bits per heavy atom. The van der Waals surface area contributed by atoms with E-state index in [1.54, 1.807) is 0 Å². The fourth-order valence-corrected chi connectivity index (χ4v) is 2.73. The van der Waals surface area contributed by atoms with Gasteiger partial charge in [0.2, 0.25) is 0 Å². The first-order valence-corrected chi connectivity index (χ1v) is 10.4. The van der Waals surface area contributed by atoms with Gasteiger partial charge in [-0.3, -0.25) is 0 Å². The van der Waals surface area contributed by atoms with E-state index in [9.17, 15) is 0 Å². The monoisotopic (exact) mass is 357 g/mol. The standard InChI is InChI=1S/C14H20INSi/c1-10-12(9-16)8-14(15)11(2)13(10)6-7-17(3,4)5/h8H,9,16H2,1-5H3. The van der Waals surface area contributed by atoms with E-state index in [0.29, 0.717) is 6.54 Å². The highest BCUT2D eigenvalue weighted by Gasteiger charge is 2.11. The topological polar surface area (TPSA) is 26.0 Å². The minimum atomic E-state index is -1.33. The Balaban J connectivity index is 3.40. The smallest absolute Gasteiger partial charge is 0.129 e. The summed E-state index contributed by atoms with van der Waals surface area (Å²) in [5.74, 6) is 3.39. The van der Waals surface area contributed by atoms with Crippen molar-refractivity contribution in [3.05, 3.63) is 31.9 Å². The maximum absolute atomic E-state index is 5.78. The average Bonchev–Trinajstić information content (AvgIpc) is 2.22. The maximum Gasteiger partial charge on any atom is 0.129 e. The van der Waals surface area contributed by atoms with Crippen LogP contribution in [0.5, 0.6) is 0 Å². The molecule has 0 amide bonds. The van der Waals surface area contributed by atoms with Crippen molar-refractivity contribution in [2.24, 2.45) is 5.73 Å². The van der Waals surface area contributed by atoms with Crippen molar-refractivity contribution in [2.75, 3.05) is 0 Å². The third-order valence-electron chi connectivity index (χ3n) is 2.67. The Bertz CT molecular complexity index is 490. The molecule has 17 heavy (non-hydrogen) atoms. The van der Waals surface area contributed by atoms with Gasteiger partial charge >= 0.3 is 0 Å². The molecule has 0 atom stereocenters. The van der Waals surface area contributed by atoms with Crippen molar-refractivity contribution in [3.63, 3.8) is 0 Å². The van der Waals surface area contributed by atoms with Gasteiger partial charge in [0.1, 0.15) is 8.07 Å². The van der Waals surface area contributed by atoms with Crippen LogP contribution in [0.15, 0.2) is 6.07 Å². The number of hydrogen-bond donors (Lipinski definition) is 1. The fraction of sp³-hybridized carbons (Fsp3) is 0.429. The highest BCUT2D eigenvalue weighted by Crippen LogP contribution is 2.23. The van der Waals surface area contributed by atoms with Crippen molar-refractivity contribution in [3.8, 4) is 11.5 Å². The zero-order valence-electron chi connectivity index (χ0n) is 11.2. The van der Waals surface area contributed by atoms with Crippen molar-refractivity contribution in [1.82, 2.24) is 0 Å². The molecule has 0 unspecified atom stereocenters. The molecule has 3 heteroatoms. The van der Waals surface area contributed by atoms with E-state index < -0.39 is 8.07 Å². The Morgan fingerprint density at radius 1 is 1.24 bits per heavy atom. The van der Waals surface area contributed by atoms with Crippen LogP contribution < -0.4 is 5.73 Å². The molecule has 0 fully saturated rings. The summed E-state index contributed by atoms with van der Waals surface area (Å²) in [5, 5.41) is 0. The summed E-state index contributed by atoms with van der Waals surface area (Å²) in [6, 6.07) is 2.17. The normalized spacial score (nSPS) is 11.0. The first kappa shape index (κ1) is 14.7. The van der Waals surface area contributed by atoms with Gasteiger partial charge in [-0.25, -0.2) is 0 Å². The summed E-state index contributed by atoms with van der Waals surface area (Å²) in [6.45, 7) is 11.7. The van der Waals surface area contributed by atoms with Crippen LogP contribution in [0.1, 0.15) is 22.3 Å². The summed E-state index contributed by atoms with van der Waals surface area (Å²) in [4.78, 5) is 0. The second-order valence-corrected chi connectivity index (χ2v) is 11.3. The minimum absolute atomic E-state index is 0.587. The third kappa shape index (κ3) is 3.83. The summed E-state index contributed by atoms with van der Waals surface area (Å²) in [7, 11) is -1.33. The Labute approximate surface area is 119 Å². The van der Waals surface area contributed by atoms with Gasteiger partial charge in [-0.1, -0.05) is 25.6 Å². The largest absolute Gasteiger partial charge is 0.326 e. The summed E-state index contributed by atoms with van der Waals surface area (Å²) in [6.07, 6.45) is 0. The molecule has 0 saturated carbocycles. The van der Waals surface area contributed by atoms with Crippen LogP contribution in [0.4, 0.5) is 0 Å². The molecule has 0 bridgehead atoms. The minimum Gasteiger partial charge on any atom is -0.326 e. The van der Waals surface area contributed by atoms with E-state index in [4.69, 9.17) is 5.73 Å². The first-order valence-electron chi connectivity index (χ1n) is 5.78. The molecule has 2 N–H and O–H groups in total. The molecule has 0 saturated heterocycles. The molecule has 0 aliphatic rings. The first-order chi connectivity index (χ1) is 7.76. The molecule has 1 rings (SSSR count). The van der Waals surface area contributed by atoms with E-state index in [1.165, 1.54) is 25.8 Å². The third-order valence-corrected chi connectivity index (χ3v) is 4.67. The lowest BCUT2D eigenvalue weighted by Gasteiger charge is -2.12. The van der Waals surface area contributed by atoms with Crippen LogP contribution in [0.3, 0.4) is 0 Å². The molecule has 0 radical (unpaired) electrons.